The average molecular weight is 464 g/mol. The maximum Gasteiger partial charge on any atom is 0.288 e. The quantitative estimate of drug-likeness (QED) is 0.296. The van der Waals surface area contributed by atoms with Crippen molar-refractivity contribution in [3.8, 4) is 6.07 Å². The molecule has 0 saturated heterocycles. The van der Waals surface area contributed by atoms with Gasteiger partial charge in [-0.05, 0) is 21.8 Å². The largest absolute Gasteiger partial charge is 0.405 e. The lowest BCUT2D eigenvalue weighted by atomic mass is 10.2. The molecule has 8 heteroatoms. The molecule has 0 bridgehead atoms. The topological polar surface area (TPSA) is 101 Å². The number of hydrogen-bond acceptors (Lipinski definition) is 5. The minimum Gasteiger partial charge on any atom is -0.405 e. The van der Waals surface area contributed by atoms with Crippen LogP contribution in [0.1, 0.15) is 38.9 Å². The summed E-state index contributed by atoms with van der Waals surface area (Å²) in [5.74, 6) is 0. The molecule has 0 radical (unpaired) electrons. The predicted molar refractivity (Wildman–Crippen MR) is 130 cm³/mol. The van der Waals surface area contributed by atoms with Crippen LogP contribution in [0.5, 0.6) is 0 Å². The third-order valence-electron chi connectivity index (χ3n) is 5.92. The van der Waals surface area contributed by atoms with Crippen molar-refractivity contribution in [3.63, 3.8) is 0 Å². The molecule has 7 nitrogen and oxygen atoms in total. The summed E-state index contributed by atoms with van der Waals surface area (Å²) in [6.07, 6.45) is 1.66. The summed E-state index contributed by atoms with van der Waals surface area (Å²) in [4.78, 5) is 10.8. The number of aliphatic hydroxyl groups is 1. The zero-order valence-electron chi connectivity index (χ0n) is 19.1. The molecular formula is C25H29N3O4Si. The standard InChI is InChI=1S/C25H29N3O4Si/c1-25(2,3)33(23-10-6-4-7-11-23,24-12-8-5-9-13-24)32-19-20(14-15-29)27-18-22(28(30)31)16-21(27)17-26/h4-13,16,18,20,29H,14-15,19H2,1-3H3/t20-/m0/s1. The second-order valence-electron chi connectivity index (χ2n) is 9.00. The summed E-state index contributed by atoms with van der Waals surface area (Å²) < 4.78 is 8.49. The van der Waals surface area contributed by atoms with Crippen molar-refractivity contribution in [2.45, 2.75) is 38.3 Å². The van der Waals surface area contributed by atoms with Gasteiger partial charge in [0.1, 0.15) is 11.8 Å². The molecule has 2 aromatic carbocycles. The van der Waals surface area contributed by atoms with Crippen molar-refractivity contribution >= 4 is 24.4 Å². The van der Waals surface area contributed by atoms with Gasteiger partial charge in [0.15, 0.2) is 0 Å². The van der Waals surface area contributed by atoms with Gasteiger partial charge in [-0.15, -0.1) is 0 Å². The number of hydrogen-bond donors (Lipinski definition) is 1. The Balaban J connectivity index is 2.10. The Bertz CT molecular complexity index is 1080. The Labute approximate surface area is 195 Å². The van der Waals surface area contributed by atoms with E-state index in [0.29, 0.717) is 6.42 Å². The van der Waals surface area contributed by atoms with E-state index < -0.39 is 19.3 Å². The number of nitro groups is 1. The molecule has 3 aromatic rings. The summed E-state index contributed by atoms with van der Waals surface area (Å²) in [6.45, 7) is 6.57. The number of aromatic nitrogens is 1. The van der Waals surface area contributed by atoms with Crippen LogP contribution in [0.4, 0.5) is 5.69 Å². The minimum atomic E-state index is -2.83. The van der Waals surface area contributed by atoms with Crippen LogP contribution in [-0.2, 0) is 4.43 Å². The molecule has 0 aliphatic rings. The molecule has 0 saturated carbocycles. The fourth-order valence-electron chi connectivity index (χ4n) is 4.39. The first kappa shape index (κ1) is 24.4. The van der Waals surface area contributed by atoms with Crippen molar-refractivity contribution < 1.29 is 14.5 Å². The van der Waals surface area contributed by atoms with Gasteiger partial charge in [0, 0.05) is 6.61 Å². The van der Waals surface area contributed by atoms with Gasteiger partial charge in [-0.25, -0.2) is 0 Å². The van der Waals surface area contributed by atoms with Gasteiger partial charge in [0.05, 0.1) is 29.8 Å². The number of rotatable bonds is 9. The van der Waals surface area contributed by atoms with Crippen molar-refractivity contribution in [2.24, 2.45) is 0 Å². The molecular weight excluding hydrogens is 434 g/mol. The molecule has 1 atom stereocenters. The lowest BCUT2D eigenvalue weighted by Gasteiger charge is -2.43. The second kappa shape index (κ2) is 10.1. The minimum absolute atomic E-state index is 0.133. The highest BCUT2D eigenvalue weighted by molar-refractivity contribution is 6.99. The van der Waals surface area contributed by atoms with E-state index in [1.165, 1.54) is 12.3 Å². The maximum absolute atomic E-state index is 11.3. The molecule has 0 amide bonds. The number of nitriles is 1. The highest BCUT2D eigenvalue weighted by Crippen LogP contribution is 2.37. The van der Waals surface area contributed by atoms with Gasteiger partial charge in [-0.1, -0.05) is 81.4 Å². The lowest BCUT2D eigenvalue weighted by Crippen LogP contribution is -2.66. The molecule has 3 rings (SSSR count). The van der Waals surface area contributed by atoms with Gasteiger partial charge in [0.2, 0.25) is 0 Å². The first-order valence-electron chi connectivity index (χ1n) is 10.9. The van der Waals surface area contributed by atoms with Crippen LogP contribution >= 0.6 is 0 Å². The maximum atomic E-state index is 11.3. The van der Waals surface area contributed by atoms with Gasteiger partial charge >= 0.3 is 0 Å². The highest BCUT2D eigenvalue weighted by atomic mass is 28.4. The first-order chi connectivity index (χ1) is 15.7. The summed E-state index contributed by atoms with van der Waals surface area (Å²) in [5, 5.41) is 32.6. The van der Waals surface area contributed by atoms with Crippen LogP contribution in [0.3, 0.4) is 0 Å². The van der Waals surface area contributed by atoms with Gasteiger partial charge in [-0.3, -0.25) is 10.1 Å². The van der Waals surface area contributed by atoms with Gasteiger partial charge < -0.3 is 14.1 Å². The van der Waals surface area contributed by atoms with E-state index >= 15 is 0 Å². The molecule has 0 spiro atoms. The monoisotopic (exact) mass is 463 g/mol. The number of aliphatic hydroxyl groups excluding tert-OH is 1. The van der Waals surface area contributed by atoms with E-state index in [1.807, 2.05) is 42.5 Å². The normalized spacial score (nSPS) is 12.8. The molecule has 1 N–H and O–H groups in total. The van der Waals surface area contributed by atoms with Crippen LogP contribution in [0.15, 0.2) is 72.9 Å². The summed E-state index contributed by atoms with van der Waals surface area (Å²) in [5.41, 5.74) is 0.0196. The van der Waals surface area contributed by atoms with E-state index in [4.69, 9.17) is 4.43 Å². The number of nitrogens with zero attached hydrogens (tertiary/aromatic N) is 3. The molecule has 33 heavy (non-hydrogen) atoms. The van der Waals surface area contributed by atoms with Crippen molar-refractivity contribution in [3.05, 3.63) is 88.7 Å². The van der Waals surface area contributed by atoms with Gasteiger partial charge in [-0.2, -0.15) is 5.26 Å². The SMILES string of the molecule is CC(C)(C)[Si](OC[C@H](CCO)n1cc([N+](=O)[O-])cc1C#N)(c1ccccc1)c1ccccc1. The van der Waals surface area contributed by atoms with E-state index in [-0.39, 0.29) is 29.6 Å². The molecule has 0 fully saturated rings. The van der Waals surface area contributed by atoms with Crippen LogP contribution in [0.2, 0.25) is 5.04 Å². The zero-order chi connectivity index (χ0) is 24.1. The molecule has 172 valence electrons. The first-order valence-corrected chi connectivity index (χ1v) is 12.8. The van der Waals surface area contributed by atoms with E-state index in [0.717, 1.165) is 10.4 Å². The van der Waals surface area contributed by atoms with E-state index in [1.54, 1.807) is 4.57 Å². The molecule has 0 unspecified atom stereocenters. The Morgan fingerprint density at radius 3 is 2.09 bits per heavy atom. The fraction of sp³-hybridized carbons (Fsp3) is 0.320. The Morgan fingerprint density at radius 2 is 1.67 bits per heavy atom. The van der Waals surface area contributed by atoms with Crippen LogP contribution in [0.25, 0.3) is 0 Å². The molecule has 1 heterocycles. The number of benzene rings is 2. The van der Waals surface area contributed by atoms with Crippen molar-refractivity contribution in [1.82, 2.24) is 4.57 Å². The average Bonchev–Trinajstić information content (AvgIpc) is 3.24. The van der Waals surface area contributed by atoms with Crippen LogP contribution < -0.4 is 10.4 Å². The Morgan fingerprint density at radius 1 is 1.12 bits per heavy atom. The summed E-state index contributed by atoms with van der Waals surface area (Å²) >= 11 is 0. The molecule has 0 aliphatic carbocycles. The Kier molecular flexibility index (Phi) is 7.49. The smallest absolute Gasteiger partial charge is 0.288 e. The third kappa shape index (κ3) is 4.91. The summed E-state index contributed by atoms with van der Waals surface area (Å²) in [6, 6.07) is 23.2. The van der Waals surface area contributed by atoms with Gasteiger partial charge in [0.25, 0.3) is 14.0 Å². The van der Waals surface area contributed by atoms with E-state index in [2.05, 4.69) is 45.0 Å². The molecule has 0 aliphatic heterocycles. The zero-order valence-corrected chi connectivity index (χ0v) is 20.1. The fourth-order valence-corrected chi connectivity index (χ4v) is 8.99. The van der Waals surface area contributed by atoms with E-state index in [9.17, 15) is 20.5 Å². The van der Waals surface area contributed by atoms with Crippen molar-refractivity contribution in [1.29, 1.82) is 5.26 Å². The van der Waals surface area contributed by atoms with Crippen LogP contribution in [0, 0.1) is 21.4 Å². The molecule has 1 aromatic heterocycles. The van der Waals surface area contributed by atoms with Crippen LogP contribution in [-0.4, -0.2) is 36.1 Å². The lowest BCUT2D eigenvalue weighted by molar-refractivity contribution is -0.384. The Hall–Kier alpha value is -3.25. The second-order valence-corrected chi connectivity index (χ2v) is 13.3. The predicted octanol–water partition coefficient (Wildman–Crippen LogP) is 3.77. The van der Waals surface area contributed by atoms with Crippen molar-refractivity contribution in [2.75, 3.05) is 13.2 Å². The third-order valence-corrected chi connectivity index (χ3v) is 10.9. The summed E-state index contributed by atoms with van der Waals surface area (Å²) in [7, 11) is -2.83. The highest BCUT2D eigenvalue weighted by Gasteiger charge is 2.50.